The third-order valence-corrected chi connectivity index (χ3v) is 10.5. The van der Waals surface area contributed by atoms with Gasteiger partial charge in [0.25, 0.3) is 0 Å². The van der Waals surface area contributed by atoms with Gasteiger partial charge in [0, 0.05) is 0 Å². The normalized spacial score (nSPS) is 37.4. The molecule has 0 saturated heterocycles. The van der Waals surface area contributed by atoms with Gasteiger partial charge in [-0.15, -0.1) is 0 Å². The molecule has 17 heavy (non-hydrogen) atoms. The number of aryl methyl sites for hydroxylation is 2. The summed E-state index contributed by atoms with van der Waals surface area (Å²) in [7, 11) is -1.04. The third kappa shape index (κ3) is 1.10. The summed E-state index contributed by atoms with van der Waals surface area (Å²) < 4.78 is 0. The average Bonchev–Trinajstić information content (AvgIpc) is 2.78. The first kappa shape index (κ1) is 10.4. The van der Waals surface area contributed by atoms with Gasteiger partial charge in [0.1, 0.15) is 0 Å². The monoisotopic (exact) mass is 242 g/mol. The summed E-state index contributed by atoms with van der Waals surface area (Å²) in [4.78, 5) is 0. The molecule has 0 saturated carbocycles. The second-order valence-corrected chi connectivity index (χ2v) is 11.8. The molecule has 0 amide bonds. The van der Waals surface area contributed by atoms with Crippen LogP contribution in [0.15, 0.2) is 6.07 Å². The van der Waals surface area contributed by atoms with E-state index in [4.69, 9.17) is 0 Å². The van der Waals surface area contributed by atoms with E-state index in [1.54, 1.807) is 22.7 Å². The molecule has 0 spiro atoms. The SMILES string of the molecule is Cc1cc2c3c4c1CCC4(C)CC[Si]3(C)CC2. The number of benzene rings is 1. The van der Waals surface area contributed by atoms with Crippen LogP contribution in [-0.4, -0.2) is 8.07 Å². The van der Waals surface area contributed by atoms with Crippen molar-refractivity contribution in [3.05, 3.63) is 28.3 Å². The summed E-state index contributed by atoms with van der Waals surface area (Å²) in [5.41, 5.74) is 7.53. The fourth-order valence-corrected chi connectivity index (χ4v) is 9.62. The molecule has 0 N–H and O–H groups in total. The van der Waals surface area contributed by atoms with E-state index >= 15 is 0 Å². The highest BCUT2D eigenvalue weighted by atomic mass is 28.3. The molecule has 2 atom stereocenters. The van der Waals surface area contributed by atoms with Gasteiger partial charge in [0.15, 0.2) is 0 Å². The van der Waals surface area contributed by atoms with Crippen molar-refractivity contribution in [3.8, 4) is 0 Å². The predicted octanol–water partition coefficient (Wildman–Crippen LogP) is 3.44. The largest absolute Gasteiger partial charge is 0.0848 e. The molecule has 0 nitrogen and oxygen atoms in total. The van der Waals surface area contributed by atoms with Crippen LogP contribution in [0.5, 0.6) is 0 Å². The van der Waals surface area contributed by atoms with Crippen LogP contribution in [0.3, 0.4) is 0 Å². The van der Waals surface area contributed by atoms with Crippen LogP contribution in [0.25, 0.3) is 0 Å². The van der Waals surface area contributed by atoms with Gasteiger partial charge in [-0.3, -0.25) is 0 Å². The Hall–Kier alpha value is -0.563. The Morgan fingerprint density at radius 3 is 2.82 bits per heavy atom. The van der Waals surface area contributed by atoms with Crippen molar-refractivity contribution in [2.24, 2.45) is 0 Å². The van der Waals surface area contributed by atoms with E-state index in [0.717, 1.165) is 0 Å². The van der Waals surface area contributed by atoms with E-state index in [9.17, 15) is 0 Å². The molecule has 0 bridgehead atoms. The van der Waals surface area contributed by atoms with Crippen LogP contribution in [-0.2, 0) is 18.3 Å². The minimum atomic E-state index is -1.04. The molecule has 0 aromatic heterocycles. The quantitative estimate of drug-likeness (QED) is 0.611. The van der Waals surface area contributed by atoms with Gasteiger partial charge in [-0.1, -0.05) is 30.8 Å². The minimum Gasteiger partial charge on any atom is -0.0652 e. The Labute approximate surface area is 105 Å². The first-order valence-corrected chi connectivity index (χ1v) is 10.1. The number of rotatable bonds is 0. The lowest BCUT2D eigenvalue weighted by Crippen LogP contribution is -2.51. The van der Waals surface area contributed by atoms with Gasteiger partial charge >= 0.3 is 0 Å². The van der Waals surface area contributed by atoms with Crippen LogP contribution in [0.4, 0.5) is 0 Å². The van der Waals surface area contributed by atoms with Gasteiger partial charge < -0.3 is 0 Å². The first-order chi connectivity index (χ1) is 8.04. The molecule has 0 radical (unpaired) electrons. The third-order valence-electron chi connectivity index (χ3n) is 6.05. The molecule has 2 heterocycles. The highest BCUT2D eigenvalue weighted by Crippen LogP contribution is 2.50. The molecule has 3 aliphatic rings. The fraction of sp³-hybridized carbons (Fsp3) is 0.625. The molecule has 4 rings (SSSR count). The molecule has 90 valence electrons. The topological polar surface area (TPSA) is 0 Å². The Morgan fingerprint density at radius 1 is 1.18 bits per heavy atom. The molecular weight excluding hydrogens is 220 g/mol. The summed E-state index contributed by atoms with van der Waals surface area (Å²) in [5.74, 6) is 0. The summed E-state index contributed by atoms with van der Waals surface area (Å²) in [5, 5.41) is 1.93. The summed E-state index contributed by atoms with van der Waals surface area (Å²) in [6, 6.07) is 5.64. The first-order valence-electron chi connectivity index (χ1n) is 7.20. The van der Waals surface area contributed by atoms with E-state index < -0.39 is 8.07 Å². The molecule has 1 aromatic carbocycles. The molecule has 1 aliphatic carbocycles. The number of hydrogen-bond donors (Lipinski definition) is 0. The lowest BCUT2D eigenvalue weighted by molar-refractivity contribution is 0.447. The lowest BCUT2D eigenvalue weighted by Gasteiger charge is -2.40. The molecule has 2 unspecified atom stereocenters. The second kappa shape index (κ2) is 2.88. The van der Waals surface area contributed by atoms with Gasteiger partial charge in [-0.2, -0.15) is 0 Å². The van der Waals surface area contributed by atoms with Crippen LogP contribution >= 0.6 is 0 Å². The highest BCUT2D eigenvalue weighted by molar-refractivity contribution is 6.92. The van der Waals surface area contributed by atoms with E-state index in [0.29, 0.717) is 5.41 Å². The Kier molecular flexibility index (Phi) is 1.76. The molecule has 1 heteroatoms. The van der Waals surface area contributed by atoms with Crippen LogP contribution in [0.2, 0.25) is 18.6 Å². The van der Waals surface area contributed by atoms with Crippen LogP contribution in [0.1, 0.15) is 42.0 Å². The Bertz CT molecular complexity index is 531. The maximum atomic E-state index is 2.66. The van der Waals surface area contributed by atoms with Crippen molar-refractivity contribution in [1.29, 1.82) is 0 Å². The molecule has 0 fully saturated rings. The van der Waals surface area contributed by atoms with Gasteiger partial charge in [-0.05, 0) is 66.3 Å². The lowest BCUT2D eigenvalue weighted by atomic mass is 9.80. The van der Waals surface area contributed by atoms with Crippen molar-refractivity contribution in [2.45, 2.75) is 63.6 Å². The standard InChI is InChI=1S/C16H22Si/c1-11-10-12-5-8-17(3)9-7-16(2)6-4-13(11)14(16)15(12)17/h10H,4-9H2,1-3H3. The van der Waals surface area contributed by atoms with Crippen molar-refractivity contribution in [3.63, 3.8) is 0 Å². The van der Waals surface area contributed by atoms with Crippen molar-refractivity contribution >= 4 is 13.3 Å². The van der Waals surface area contributed by atoms with E-state index in [-0.39, 0.29) is 0 Å². The zero-order valence-corrected chi connectivity index (χ0v) is 12.3. The van der Waals surface area contributed by atoms with Gasteiger partial charge in [0.2, 0.25) is 0 Å². The average molecular weight is 242 g/mol. The zero-order chi connectivity index (χ0) is 11.8. The van der Waals surface area contributed by atoms with E-state index in [1.165, 1.54) is 31.7 Å². The summed E-state index contributed by atoms with van der Waals surface area (Å²) >= 11 is 0. The van der Waals surface area contributed by atoms with E-state index in [2.05, 4.69) is 26.5 Å². The maximum absolute atomic E-state index is 2.66. The Morgan fingerprint density at radius 2 is 2.00 bits per heavy atom. The fourth-order valence-electron chi connectivity index (χ4n) is 4.92. The highest BCUT2D eigenvalue weighted by Gasteiger charge is 2.50. The van der Waals surface area contributed by atoms with E-state index in [1.807, 2.05) is 10.8 Å². The predicted molar refractivity (Wildman–Crippen MR) is 76.0 cm³/mol. The van der Waals surface area contributed by atoms with Crippen LogP contribution < -0.4 is 5.19 Å². The smallest absolute Gasteiger partial charge is 0.0652 e. The Balaban J connectivity index is 2.13. The van der Waals surface area contributed by atoms with Gasteiger partial charge in [-0.25, -0.2) is 0 Å². The van der Waals surface area contributed by atoms with Gasteiger partial charge in [0.05, 0.1) is 8.07 Å². The van der Waals surface area contributed by atoms with Crippen molar-refractivity contribution in [1.82, 2.24) is 0 Å². The molecule has 1 aromatic rings. The molecule has 2 aliphatic heterocycles. The second-order valence-electron chi connectivity index (χ2n) is 7.20. The summed E-state index contributed by atoms with van der Waals surface area (Å²) in [6.45, 7) is 7.56. The summed E-state index contributed by atoms with van der Waals surface area (Å²) in [6.07, 6.45) is 5.65. The maximum Gasteiger partial charge on any atom is 0.0848 e. The molecular formula is C16H22Si. The zero-order valence-electron chi connectivity index (χ0n) is 11.3. The van der Waals surface area contributed by atoms with Crippen molar-refractivity contribution < 1.29 is 0 Å². The number of hydrogen-bond acceptors (Lipinski definition) is 0. The van der Waals surface area contributed by atoms with Crippen LogP contribution in [0, 0.1) is 6.92 Å². The minimum absolute atomic E-state index is 0.558. The van der Waals surface area contributed by atoms with Crippen molar-refractivity contribution in [2.75, 3.05) is 0 Å².